The van der Waals surface area contributed by atoms with Crippen molar-refractivity contribution in [3.8, 4) is 0 Å². The summed E-state index contributed by atoms with van der Waals surface area (Å²) in [5.74, 6) is 1.00. The second kappa shape index (κ2) is 7.70. The molecule has 1 saturated heterocycles. The zero-order chi connectivity index (χ0) is 16.9. The Balaban J connectivity index is 1.63. The Kier molecular flexibility index (Phi) is 5.40. The lowest BCUT2D eigenvalue weighted by Gasteiger charge is -2.37. The summed E-state index contributed by atoms with van der Waals surface area (Å²) in [6, 6.07) is 8.38. The number of carbonyl (C=O) groups is 1. The predicted octanol–water partition coefficient (Wildman–Crippen LogP) is 2.36. The zero-order valence-electron chi connectivity index (χ0n) is 14.1. The Hall–Kier alpha value is -2.02. The first-order chi connectivity index (χ1) is 11.6. The monoisotopic (exact) mass is 345 g/mol. The number of benzene rings is 1. The van der Waals surface area contributed by atoms with Gasteiger partial charge in [-0.1, -0.05) is 31.2 Å². The van der Waals surface area contributed by atoms with E-state index in [2.05, 4.69) is 35.3 Å². The number of urea groups is 1. The molecule has 2 amide bonds. The molecular formula is C17H23N5OS. The van der Waals surface area contributed by atoms with E-state index >= 15 is 0 Å². The number of nitrogens with one attached hydrogen (secondary N) is 1. The Bertz CT molecular complexity index is 675. The molecule has 3 rings (SSSR count). The van der Waals surface area contributed by atoms with Crippen molar-refractivity contribution in [2.45, 2.75) is 38.2 Å². The standard InChI is InChI=1S/C17H23N5OS/c1-13-14(2)24-8-7-22(13)17(23)19-9-15-5-3-4-6-16(15)10-21-12-18-11-20-21/h3-6,11-14H,7-10H2,1-2H3,(H,19,23)/t13-,14-/m0/s1. The van der Waals surface area contributed by atoms with Crippen molar-refractivity contribution >= 4 is 17.8 Å². The first-order valence-corrected chi connectivity index (χ1v) is 9.25. The first kappa shape index (κ1) is 16.8. The molecule has 0 spiro atoms. The molecule has 0 bridgehead atoms. The van der Waals surface area contributed by atoms with Crippen molar-refractivity contribution in [2.24, 2.45) is 0 Å². The summed E-state index contributed by atoms with van der Waals surface area (Å²) < 4.78 is 1.78. The van der Waals surface area contributed by atoms with E-state index in [-0.39, 0.29) is 12.1 Å². The van der Waals surface area contributed by atoms with Crippen LogP contribution in [0.2, 0.25) is 0 Å². The van der Waals surface area contributed by atoms with Gasteiger partial charge in [0.2, 0.25) is 0 Å². The number of hydrogen-bond donors (Lipinski definition) is 1. The fourth-order valence-corrected chi connectivity index (χ4v) is 3.96. The molecule has 7 heteroatoms. The maximum absolute atomic E-state index is 12.5. The van der Waals surface area contributed by atoms with E-state index in [4.69, 9.17) is 0 Å². The van der Waals surface area contributed by atoms with Gasteiger partial charge in [0.25, 0.3) is 0 Å². The van der Waals surface area contributed by atoms with Crippen LogP contribution in [0.15, 0.2) is 36.9 Å². The van der Waals surface area contributed by atoms with Gasteiger partial charge in [0.15, 0.2) is 0 Å². The lowest BCUT2D eigenvalue weighted by atomic mass is 10.1. The van der Waals surface area contributed by atoms with Gasteiger partial charge in [-0.05, 0) is 18.1 Å². The molecule has 2 heterocycles. The Labute approximate surface area is 146 Å². The number of thioether (sulfide) groups is 1. The summed E-state index contributed by atoms with van der Waals surface area (Å²) in [7, 11) is 0. The maximum Gasteiger partial charge on any atom is 0.317 e. The van der Waals surface area contributed by atoms with Crippen LogP contribution in [0.3, 0.4) is 0 Å². The minimum Gasteiger partial charge on any atom is -0.334 e. The van der Waals surface area contributed by atoms with Crippen molar-refractivity contribution in [1.82, 2.24) is 25.0 Å². The Morgan fingerprint density at radius 1 is 1.33 bits per heavy atom. The van der Waals surface area contributed by atoms with Crippen LogP contribution in [0, 0.1) is 0 Å². The molecule has 2 aromatic rings. The zero-order valence-corrected chi connectivity index (χ0v) is 14.9. The molecular weight excluding hydrogens is 322 g/mol. The fraction of sp³-hybridized carbons (Fsp3) is 0.471. The molecule has 128 valence electrons. The van der Waals surface area contributed by atoms with Crippen molar-refractivity contribution in [3.05, 3.63) is 48.0 Å². The van der Waals surface area contributed by atoms with E-state index < -0.39 is 0 Å². The van der Waals surface area contributed by atoms with Gasteiger partial charge in [-0.3, -0.25) is 0 Å². The molecule has 1 fully saturated rings. The van der Waals surface area contributed by atoms with Crippen molar-refractivity contribution in [1.29, 1.82) is 0 Å². The van der Waals surface area contributed by atoms with Gasteiger partial charge >= 0.3 is 6.03 Å². The molecule has 24 heavy (non-hydrogen) atoms. The van der Waals surface area contributed by atoms with Gasteiger partial charge in [0, 0.05) is 30.1 Å². The molecule has 6 nitrogen and oxygen atoms in total. The van der Waals surface area contributed by atoms with Gasteiger partial charge in [-0.15, -0.1) is 0 Å². The van der Waals surface area contributed by atoms with Gasteiger partial charge in [-0.2, -0.15) is 16.9 Å². The molecule has 0 radical (unpaired) electrons. The molecule has 1 aromatic carbocycles. The minimum atomic E-state index is 0.0187. The third kappa shape index (κ3) is 3.90. The smallest absolute Gasteiger partial charge is 0.317 e. The van der Waals surface area contributed by atoms with Crippen molar-refractivity contribution in [2.75, 3.05) is 12.3 Å². The summed E-state index contributed by atoms with van der Waals surface area (Å²) in [6.07, 6.45) is 3.23. The highest BCUT2D eigenvalue weighted by Gasteiger charge is 2.28. The van der Waals surface area contributed by atoms with Crippen molar-refractivity contribution < 1.29 is 4.79 Å². The highest BCUT2D eigenvalue weighted by Crippen LogP contribution is 2.24. The van der Waals surface area contributed by atoms with E-state index in [1.807, 2.05) is 34.9 Å². The van der Waals surface area contributed by atoms with Crippen LogP contribution in [-0.4, -0.2) is 49.3 Å². The number of nitrogens with zero attached hydrogens (tertiary/aromatic N) is 4. The van der Waals surface area contributed by atoms with E-state index in [0.717, 1.165) is 23.4 Å². The van der Waals surface area contributed by atoms with Gasteiger partial charge < -0.3 is 10.2 Å². The van der Waals surface area contributed by atoms with Crippen LogP contribution in [-0.2, 0) is 13.1 Å². The number of hydrogen-bond acceptors (Lipinski definition) is 4. The summed E-state index contributed by atoms with van der Waals surface area (Å²) in [4.78, 5) is 18.5. The van der Waals surface area contributed by atoms with Crippen LogP contribution >= 0.6 is 11.8 Å². The molecule has 1 aliphatic rings. The molecule has 1 N–H and O–H groups in total. The lowest BCUT2D eigenvalue weighted by molar-refractivity contribution is 0.180. The average molecular weight is 345 g/mol. The largest absolute Gasteiger partial charge is 0.334 e. The molecule has 2 atom stereocenters. The van der Waals surface area contributed by atoms with E-state index in [0.29, 0.717) is 18.3 Å². The number of aromatic nitrogens is 3. The molecule has 0 aliphatic carbocycles. The predicted molar refractivity (Wildman–Crippen MR) is 95.9 cm³/mol. The normalized spacial score (nSPS) is 20.8. The number of carbonyl (C=O) groups excluding carboxylic acids is 1. The molecule has 1 aliphatic heterocycles. The summed E-state index contributed by atoms with van der Waals surface area (Å²) in [6.45, 7) is 6.29. The Morgan fingerprint density at radius 2 is 2.12 bits per heavy atom. The highest BCUT2D eigenvalue weighted by atomic mass is 32.2. The Morgan fingerprint density at radius 3 is 2.88 bits per heavy atom. The van der Waals surface area contributed by atoms with E-state index in [9.17, 15) is 4.79 Å². The number of rotatable bonds is 4. The average Bonchev–Trinajstić information content (AvgIpc) is 3.09. The van der Waals surface area contributed by atoms with E-state index in [1.165, 1.54) is 6.33 Å². The quantitative estimate of drug-likeness (QED) is 0.924. The van der Waals surface area contributed by atoms with Crippen LogP contribution in [0.25, 0.3) is 0 Å². The van der Waals surface area contributed by atoms with Crippen LogP contribution in [0.1, 0.15) is 25.0 Å². The molecule has 0 saturated carbocycles. The topological polar surface area (TPSA) is 63.1 Å². The van der Waals surface area contributed by atoms with Gasteiger partial charge in [-0.25, -0.2) is 14.5 Å². The summed E-state index contributed by atoms with van der Waals surface area (Å²) >= 11 is 1.93. The minimum absolute atomic E-state index is 0.0187. The summed E-state index contributed by atoms with van der Waals surface area (Å²) in [5, 5.41) is 7.70. The first-order valence-electron chi connectivity index (χ1n) is 8.20. The second-order valence-electron chi connectivity index (χ2n) is 6.03. The third-order valence-corrected chi connectivity index (χ3v) is 5.83. The molecule has 1 aromatic heterocycles. The van der Waals surface area contributed by atoms with Crippen LogP contribution in [0.5, 0.6) is 0 Å². The second-order valence-corrected chi connectivity index (χ2v) is 7.52. The fourth-order valence-electron chi connectivity index (χ4n) is 2.87. The number of amides is 2. The van der Waals surface area contributed by atoms with Crippen molar-refractivity contribution in [3.63, 3.8) is 0 Å². The SMILES string of the molecule is C[C@@H]1SCCN(C(=O)NCc2ccccc2Cn2cncn2)[C@H]1C. The molecule has 0 unspecified atom stereocenters. The van der Waals surface area contributed by atoms with E-state index in [1.54, 1.807) is 11.0 Å². The summed E-state index contributed by atoms with van der Waals surface area (Å²) in [5.41, 5.74) is 2.24. The van der Waals surface area contributed by atoms with Crippen LogP contribution in [0.4, 0.5) is 4.79 Å². The van der Waals surface area contributed by atoms with Gasteiger partial charge in [0.1, 0.15) is 12.7 Å². The highest BCUT2D eigenvalue weighted by molar-refractivity contribution is 8.00. The maximum atomic E-state index is 12.5. The lowest BCUT2D eigenvalue weighted by Crippen LogP contribution is -2.51. The third-order valence-electron chi connectivity index (χ3n) is 4.49. The van der Waals surface area contributed by atoms with Crippen LogP contribution < -0.4 is 5.32 Å². The van der Waals surface area contributed by atoms with Gasteiger partial charge in [0.05, 0.1) is 6.54 Å².